The molecule has 1 atom stereocenters. The fourth-order valence-corrected chi connectivity index (χ4v) is 2.54. The van der Waals surface area contributed by atoms with Crippen LogP contribution in [0.25, 0.3) is 0 Å². The number of nitrogens with zero attached hydrogens (tertiary/aromatic N) is 4. The summed E-state index contributed by atoms with van der Waals surface area (Å²) in [6.07, 6.45) is 4.57. The monoisotopic (exact) mass is 301 g/mol. The van der Waals surface area contributed by atoms with E-state index in [0.29, 0.717) is 6.04 Å². The van der Waals surface area contributed by atoms with Crippen molar-refractivity contribution in [1.29, 1.82) is 0 Å². The molecule has 1 unspecified atom stereocenters. The molecular formula is C14H28ClN5. The van der Waals surface area contributed by atoms with Gasteiger partial charge < -0.3 is 5.32 Å². The molecule has 0 amide bonds. The van der Waals surface area contributed by atoms with Crippen molar-refractivity contribution in [3.8, 4) is 0 Å². The Morgan fingerprint density at radius 2 is 2.15 bits per heavy atom. The van der Waals surface area contributed by atoms with E-state index in [1.54, 1.807) is 0 Å². The first-order chi connectivity index (χ1) is 9.00. The van der Waals surface area contributed by atoms with E-state index in [4.69, 9.17) is 0 Å². The number of hydrogen-bond donors (Lipinski definition) is 1. The Balaban J connectivity index is 0.00000200. The van der Waals surface area contributed by atoms with Crippen molar-refractivity contribution in [3.63, 3.8) is 0 Å². The van der Waals surface area contributed by atoms with Gasteiger partial charge in [-0.1, -0.05) is 18.6 Å². The minimum Gasteiger partial charge on any atom is -0.314 e. The fourth-order valence-electron chi connectivity index (χ4n) is 2.54. The summed E-state index contributed by atoms with van der Waals surface area (Å²) >= 11 is 0. The Bertz CT molecular complexity index is 397. The van der Waals surface area contributed by atoms with E-state index in [9.17, 15) is 0 Å². The molecule has 1 aromatic heterocycles. The third kappa shape index (κ3) is 4.43. The third-order valence-corrected chi connectivity index (χ3v) is 3.69. The molecule has 1 aliphatic heterocycles. The molecule has 1 fully saturated rings. The zero-order valence-electron chi connectivity index (χ0n) is 13.1. The van der Waals surface area contributed by atoms with Crippen LogP contribution in [0.1, 0.15) is 46.2 Å². The lowest BCUT2D eigenvalue weighted by molar-refractivity contribution is 0.142. The summed E-state index contributed by atoms with van der Waals surface area (Å²) in [5, 5.41) is 12.1. The van der Waals surface area contributed by atoms with E-state index >= 15 is 0 Å². The zero-order chi connectivity index (χ0) is 13.9. The normalized spacial score (nSPS) is 20.7. The highest BCUT2D eigenvalue weighted by atomic mass is 35.5. The maximum atomic E-state index is 4.32. The van der Waals surface area contributed by atoms with Crippen LogP contribution in [0.2, 0.25) is 0 Å². The van der Waals surface area contributed by atoms with Gasteiger partial charge in [-0.15, -0.1) is 17.5 Å². The van der Waals surface area contributed by atoms with Crippen LogP contribution in [-0.4, -0.2) is 45.6 Å². The van der Waals surface area contributed by atoms with E-state index < -0.39 is 0 Å². The predicted octanol–water partition coefficient (Wildman–Crippen LogP) is 2.03. The summed E-state index contributed by atoms with van der Waals surface area (Å²) in [5.74, 6) is 0. The molecule has 6 heteroatoms. The Labute approximate surface area is 128 Å². The molecule has 2 rings (SSSR count). The Morgan fingerprint density at radius 3 is 2.75 bits per heavy atom. The van der Waals surface area contributed by atoms with E-state index in [2.05, 4.69) is 54.4 Å². The van der Waals surface area contributed by atoms with Crippen LogP contribution < -0.4 is 5.32 Å². The van der Waals surface area contributed by atoms with E-state index in [1.165, 1.54) is 12.8 Å². The van der Waals surface area contributed by atoms with Crippen LogP contribution in [0, 0.1) is 0 Å². The zero-order valence-corrected chi connectivity index (χ0v) is 13.9. The number of nitrogens with one attached hydrogen (secondary N) is 1. The van der Waals surface area contributed by atoms with Crippen molar-refractivity contribution in [2.75, 3.05) is 19.6 Å². The van der Waals surface area contributed by atoms with Crippen LogP contribution in [0.15, 0.2) is 6.20 Å². The van der Waals surface area contributed by atoms with Gasteiger partial charge in [-0.05, 0) is 27.2 Å². The second-order valence-corrected chi connectivity index (χ2v) is 6.44. The first-order valence-corrected chi connectivity index (χ1v) is 7.37. The van der Waals surface area contributed by atoms with Crippen LogP contribution >= 0.6 is 12.4 Å². The average Bonchev–Trinajstić information content (AvgIpc) is 2.80. The van der Waals surface area contributed by atoms with Crippen LogP contribution in [0.5, 0.6) is 0 Å². The molecule has 2 heterocycles. The van der Waals surface area contributed by atoms with Gasteiger partial charge in [0.2, 0.25) is 0 Å². The molecule has 0 bridgehead atoms. The Hall–Kier alpha value is -0.650. The lowest BCUT2D eigenvalue weighted by Gasteiger charge is -2.35. The predicted molar refractivity (Wildman–Crippen MR) is 84.2 cm³/mol. The summed E-state index contributed by atoms with van der Waals surface area (Å²) in [4.78, 5) is 2.54. The molecule has 0 radical (unpaired) electrons. The first kappa shape index (κ1) is 17.4. The maximum Gasteiger partial charge on any atom is 0.0967 e. The maximum absolute atomic E-state index is 4.32. The lowest BCUT2D eigenvalue weighted by atomic mass is 10.1. The van der Waals surface area contributed by atoms with Gasteiger partial charge in [0, 0.05) is 32.2 Å². The second kappa shape index (κ2) is 7.38. The smallest absolute Gasteiger partial charge is 0.0967 e. The highest BCUT2D eigenvalue weighted by molar-refractivity contribution is 5.85. The molecule has 0 spiro atoms. The average molecular weight is 302 g/mol. The highest BCUT2D eigenvalue weighted by Crippen LogP contribution is 2.15. The fraction of sp³-hybridized carbons (Fsp3) is 0.857. The van der Waals surface area contributed by atoms with Crippen LogP contribution in [0.4, 0.5) is 0 Å². The highest BCUT2D eigenvalue weighted by Gasteiger charge is 2.23. The number of piperazine rings is 1. The molecule has 20 heavy (non-hydrogen) atoms. The van der Waals surface area contributed by atoms with Gasteiger partial charge in [0.25, 0.3) is 0 Å². The van der Waals surface area contributed by atoms with E-state index in [0.717, 1.165) is 31.9 Å². The number of rotatable bonds is 4. The topological polar surface area (TPSA) is 46.0 Å². The van der Waals surface area contributed by atoms with Crippen molar-refractivity contribution >= 4 is 12.4 Å². The molecule has 1 N–H and O–H groups in total. The molecule has 0 aromatic carbocycles. The summed E-state index contributed by atoms with van der Waals surface area (Å²) in [6.45, 7) is 12.9. The van der Waals surface area contributed by atoms with Gasteiger partial charge in [0.1, 0.15) is 0 Å². The molecule has 1 saturated heterocycles. The van der Waals surface area contributed by atoms with Crippen molar-refractivity contribution < 1.29 is 0 Å². The molecule has 5 nitrogen and oxygen atoms in total. The third-order valence-electron chi connectivity index (χ3n) is 3.69. The summed E-state index contributed by atoms with van der Waals surface area (Å²) in [6, 6.07) is 0.638. The Morgan fingerprint density at radius 1 is 1.40 bits per heavy atom. The van der Waals surface area contributed by atoms with Gasteiger partial charge in [0.15, 0.2) is 0 Å². The van der Waals surface area contributed by atoms with E-state index in [-0.39, 0.29) is 17.9 Å². The quantitative estimate of drug-likeness (QED) is 0.924. The molecular weight excluding hydrogens is 274 g/mol. The lowest BCUT2D eigenvalue weighted by Crippen LogP contribution is -2.50. The van der Waals surface area contributed by atoms with Crippen molar-refractivity contribution in [1.82, 2.24) is 25.2 Å². The van der Waals surface area contributed by atoms with Gasteiger partial charge in [-0.25, -0.2) is 4.68 Å². The van der Waals surface area contributed by atoms with Crippen LogP contribution in [-0.2, 0) is 12.1 Å². The number of halogens is 1. The number of hydrogen-bond acceptors (Lipinski definition) is 4. The first-order valence-electron chi connectivity index (χ1n) is 7.37. The molecule has 1 aromatic rings. The SMILES string of the molecule is CCCC1CNCCN1Cc1cn(C(C)(C)C)nn1.Cl. The molecule has 0 aliphatic carbocycles. The summed E-state index contributed by atoms with van der Waals surface area (Å²) in [5.41, 5.74) is 1.09. The summed E-state index contributed by atoms with van der Waals surface area (Å²) < 4.78 is 1.96. The second-order valence-electron chi connectivity index (χ2n) is 6.44. The van der Waals surface area contributed by atoms with Gasteiger partial charge in [-0.3, -0.25) is 4.90 Å². The minimum atomic E-state index is 0. The summed E-state index contributed by atoms with van der Waals surface area (Å²) in [7, 11) is 0. The van der Waals surface area contributed by atoms with E-state index in [1.807, 2.05) is 4.68 Å². The largest absolute Gasteiger partial charge is 0.314 e. The van der Waals surface area contributed by atoms with Gasteiger partial charge >= 0.3 is 0 Å². The van der Waals surface area contributed by atoms with Crippen molar-refractivity contribution in [3.05, 3.63) is 11.9 Å². The van der Waals surface area contributed by atoms with Gasteiger partial charge in [0.05, 0.1) is 17.4 Å². The molecule has 0 saturated carbocycles. The number of aromatic nitrogens is 3. The Kier molecular flexibility index (Phi) is 6.43. The molecule has 1 aliphatic rings. The minimum absolute atomic E-state index is 0. The van der Waals surface area contributed by atoms with Crippen molar-refractivity contribution in [2.24, 2.45) is 0 Å². The van der Waals surface area contributed by atoms with Crippen molar-refractivity contribution in [2.45, 2.75) is 58.7 Å². The van der Waals surface area contributed by atoms with Gasteiger partial charge in [-0.2, -0.15) is 0 Å². The van der Waals surface area contributed by atoms with Crippen LogP contribution in [0.3, 0.4) is 0 Å². The standard InChI is InChI=1S/C14H27N5.ClH/c1-5-6-13-9-15-7-8-18(13)10-12-11-19(17-16-12)14(2,3)4;/h11,13,15H,5-10H2,1-4H3;1H. The molecule has 116 valence electrons.